The average molecular weight is 418 g/mol. The van der Waals surface area contributed by atoms with Crippen LogP contribution in [0.3, 0.4) is 0 Å². The fourth-order valence-electron chi connectivity index (χ4n) is 2.24. The number of halogens is 1. The first kappa shape index (κ1) is 16.1. The summed E-state index contributed by atoms with van der Waals surface area (Å²) in [5.74, 6) is 2.88. The van der Waals surface area contributed by atoms with E-state index in [0.29, 0.717) is 29.1 Å². The van der Waals surface area contributed by atoms with Crippen LogP contribution in [-0.4, -0.2) is 25.0 Å². The number of thioether (sulfide) groups is 1. The summed E-state index contributed by atoms with van der Waals surface area (Å²) >= 11 is 4.91. The summed E-state index contributed by atoms with van der Waals surface area (Å²) in [6, 6.07) is 11.4. The summed E-state index contributed by atoms with van der Waals surface area (Å²) in [7, 11) is 1.89. The van der Waals surface area contributed by atoms with Crippen LogP contribution in [0.4, 0.5) is 0 Å². The Kier molecular flexibility index (Phi) is 4.41. The van der Waals surface area contributed by atoms with E-state index in [0.717, 1.165) is 15.2 Å². The van der Waals surface area contributed by atoms with E-state index in [1.165, 1.54) is 11.8 Å². The van der Waals surface area contributed by atoms with E-state index < -0.39 is 0 Å². The predicted molar refractivity (Wildman–Crippen MR) is 95.7 cm³/mol. The Bertz CT molecular complexity index is 996. The van der Waals surface area contributed by atoms with Crippen LogP contribution in [0.2, 0.25) is 0 Å². The van der Waals surface area contributed by atoms with Crippen LogP contribution < -0.4 is 0 Å². The van der Waals surface area contributed by atoms with Gasteiger partial charge in [0.05, 0.1) is 12.0 Å². The maximum absolute atomic E-state index is 5.73. The van der Waals surface area contributed by atoms with Crippen molar-refractivity contribution in [3.63, 3.8) is 0 Å². The van der Waals surface area contributed by atoms with Crippen molar-refractivity contribution in [3.05, 3.63) is 53.0 Å². The second-order valence-corrected chi connectivity index (χ2v) is 7.00. The molecule has 4 rings (SSSR count). The Hall–Kier alpha value is -2.39. The minimum Gasteiger partial charge on any atom is -0.461 e. The monoisotopic (exact) mass is 417 g/mol. The highest BCUT2D eigenvalue weighted by atomic mass is 79.9. The molecule has 0 radical (unpaired) electrons. The van der Waals surface area contributed by atoms with E-state index in [1.807, 2.05) is 48.0 Å². The molecule has 0 saturated carbocycles. The summed E-state index contributed by atoms with van der Waals surface area (Å²) in [5.41, 5.74) is 0.872. The number of nitrogens with zero attached hydrogens (tertiary/aromatic N) is 5. The van der Waals surface area contributed by atoms with Gasteiger partial charge < -0.3 is 13.4 Å². The summed E-state index contributed by atoms with van der Waals surface area (Å²) < 4.78 is 13.9. The van der Waals surface area contributed by atoms with Crippen molar-refractivity contribution in [1.29, 1.82) is 0 Å². The van der Waals surface area contributed by atoms with Crippen LogP contribution in [0.25, 0.3) is 23.0 Å². The Morgan fingerprint density at radius 1 is 1.12 bits per heavy atom. The van der Waals surface area contributed by atoms with Gasteiger partial charge in [0.1, 0.15) is 0 Å². The number of hydrogen-bond acceptors (Lipinski definition) is 7. The number of benzene rings is 1. The van der Waals surface area contributed by atoms with Gasteiger partial charge in [0.25, 0.3) is 0 Å². The number of furan rings is 1. The van der Waals surface area contributed by atoms with Gasteiger partial charge in [-0.1, -0.05) is 33.8 Å². The van der Waals surface area contributed by atoms with Crippen molar-refractivity contribution in [2.75, 3.05) is 0 Å². The van der Waals surface area contributed by atoms with E-state index in [4.69, 9.17) is 8.83 Å². The van der Waals surface area contributed by atoms with Gasteiger partial charge in [0, 0.05) is 17.1 Å². The molecule has 0 aliphatic carbocycles. The van der Waals surface area contributed by atoms with Crippen molar-refractivity contribution in [2.24, 2.45) is 7.05 Å². The second kappa shape index (κ2) is 6.85. The summed E-state index contributed by atoms with van der Waals surface area (Å²) in [6.07, 6.45) is 1.61. The molecule has 126 valence electrons. The van der Waals surface area contributed by atoms with E-state index in [-0.39, 0.29) is 0 Å². The highest BCUT2D eigenvalue weighted by Gasteiger charge is 2.15. The molecular weight excluding hydrogens is 406 g/mol. The van der Waals surface area contributed by atoms with Crippen LogP contribution in [-0.2, 0) is 12.8 Å². The molecule has 0 atom stereocenters. The third kappa shape index (κ3) is 3.38. The van der Waals surface area contributed by atoms with Crippen LogP contribution in [0.1, 0.15) is 5.89 Å². The lowest BCUT2D eigenvalue weighted by Crippen LogP contribution is -1.94. The molecule has 0 N–H and O–H groups in total. The van der Waals surface area contributed by atoms with Gasteiger partial charge >= 0.3 is 0 Å². The van der Waals surface area contributed by atoms with E-state index in [9.17, 15) is 0 Å². The van der Waals surface area contributed by atoms with Crippen LogP contribution in [0, 0.1) is 0 Å². The van der Waals surface area contributed by atoms with Gasteiger partial charge in [-0.15, -0.1) is 20.4 Å². The quantitative estimate of drug-likeness (QED) is 0.450. The van der Waals surface area contributed by atoms with Crippen molar-refractivity contribution >= 4 is 27.7 Å². The SMILES string of the molecule is Cn1c(SCc2nnc(-c3cccc(Br)c3)o2)nnc1-c1ccco1. The van der Waals surface area contributed by atoms with Gasteiger partial charge in [-0.25, -0.2) is 0 Å². The molecule has 7 nitrogen and oxygen atoms in total. The fourth-order valence-corrected chi connectivity index (χ4v) is 3.38. The highest BCUT2D eigenvalue weighted by molar-refractivity contribution is 9.10. The molecule has 0 unspecified atom stereocenters. The second-order valence-electron chi connectivity index (χ2n) is 5.14. The van der Waals surface area contributed by atoms with E-state index >= 15 is 0 Å². The van der Waals surface area contributed by atoms with Crippen LogP contribution in [0.15, 0.2) is 61.1 Å². The van der Waals surface area contributed by atoms with Crippen molar-refractivity contribution in [3.8, 4) is 23.0 Å². The predicted octanol–water partition coefficient (Wildman–Crippen LogP) is 4.18. The van der Waals surface area contributed by atoms with Gasteiger partial charge in [-0.3, -0.25) is 0 Å². The fraction of sp³-hybridized carbons (Fsp3) is 0.125. The third-order valence-electron chi connectivity index (χ3n) is 3.44. The largest absolute Gasteiger partial charge is 0.461 e. The van der Waals surface area contributed by atoms with Gasteiger partial charge in [-0.2, -0.15) is 0 Å². The standard InChI is InChI=1S/C16H12BrN5O2S/c1-22-14(12-6-3-7-23-12)19-21-16(22)25-9-13-18-20-15(24-13)10-4-2-5-11(17)8-10/h2-8H,9H2,1H3. The minimum absolute atomic E-state index is 0.492. The average Bonchev–Trinajstić information content (AvgIpc) is 3.34. The number of aromatic nitrogens is 5. The molecule has 3 aromatic heterocycles. The molecule has 0 fully saturated rings. The Labute approximate surface area is 155 Å². The highest BCUT2D eigenvalue weighted by Crippen LogP contribution is 2.27. The zero-order valence-electron chi connectivity index (χ0n) is 13.1. The van der Waals surface area contributed by atoms with Crippen LogP contribution >= 0.6 is 27.7 Å². The lowest BCUT2D eigenvalue weighted by molar-refractivity contribution is 0.528. The first-order valence-corrected chi connectivity index (χ1v) is 9.13. The smallest absolute Gasteiger partial charge is 0.247 e. The third-order valence-corrected chi connectivity index (χ3v) is 4.94. The van der Waals surface area contributed by atoms with E-state index in [2.05, 4.69) is 36.3 Å². The molecule has 0 bridgehead atoms. The topological polar surface area (TPSA) is 82.8 Å². The minimum atomic E-state index is 0.492. The molecule has 0 aliphatic heterocycles. The molecule has 25 heavy (non-hydrogen) atoms. The zero-order valence-corrected chi connectivity index (χ0v) is 15.5. The Morgan fingerprint density at radius 3 is 2.84 bits per heavy atom. The lowest BCUT2D eigenvalue weighted by atomic mass is 10.2. The van der Waals surface area contributed by atoms with Crippen molar-refractivity contribution < 1.29 is 8.83 Å². The van der Waals surface area contributed by atoms with Gasteiger partial charge in [0.2, 0.25) is 11.8 Å². The molecule has 1 aromatic carbocycles. The van der Waals surface area contributed by atoms with Gasteiger partial charge in [0.15, 0.2) is 16.7 Å². The molecule has 4 aromatic rings. The summed E-state index contributed by atoms with van der Waals surface area (Å²) in [4.78, 5) is 0. The normalized spacial score (nSPS) is 11.1. The number of hydrogen-bond donors (Lipinski definition) is 0. The first-order chi connectivity index (χ1) is 12.2. The van der Waals surface area contributed by atoms with Crippen molar-refractivity contribution in [2.45, 2.75) is 10.9 Å². The maximum atomic E-state index is 5.73. The molecule has 3 heterocycles. The maximum Gasteiger partial charge on any atom is 0.247 e. The van der Waals surface area contributed by atoms with Crippen molar-refractivity contribution in [1.82, 2.24) is 25.0 Å². The van der Waals surface area contributed by atoms with Crippen LogP contribution in [0.5, 0.6) is 0 Å². The zero-order chi connectivity index (χ0) is 17.2. The first-order valence-electron chi connectivity index (χ1n) is 7.35. The molecule has 9 heteroatoms. The molecule has 0 aliphatic rings. The summed E-state index contributed by atoms with van der Waals surface area (Å²) in [5, 5.41) is 17.3. The Balaban J connectivity index is 1.48. The molecule has 0 amide bonds. The summed E-state index contributed by atoms with van der Waals surface area (Å²) in [6.45, 7) is 0. The number of rotatable bonds is 5. The molecular formula is C16H12BrN5O2S. The Morgan fingerprint density at radius 2 is 2.04 bits per heavy atom. The van der Waals surface area contributed by atoms with Gasteiger partial charge in [-0.05, 0) is 30.3 Å². The molecule has 0 spiro atoms. The molecule has 0 saturated heterocycles. The van der Waals surface area contributed by atoms with E-state index in [1.54, 1.807) is 6.26 Å². The lowest BCUT2D eigenvalue weighted by Gasteiger charge is -2.00.